The zero-order valence-electron chi connectivity index (χ0n) is 11.7. The second-order valence-electron chi connectivity index (χ2n) is 5.83. The van der Waals surface area contributed by atoms with Crippen LogP contribution in [0.15, 0.2) is 29.2 Å². The van der Waals surface area contributed by atoms with Crippen molar-refractivity contribution in [1.29, 1.82) is 0 Å². The zero-order valence-corrected chi connectivity index (χ0v) is 12.5. The molecule has 110 valence electrons. The molecular weight excluding hydrogens is 272 g/mol. The van der Waals surface area contributed by atoms with Gasteiger partial charge in [-0.05, 0) is 55.8 Å². The minimum atomic E-state index is -3.27. The topological polar surface area (TPSA) is 49.4 Å². The Bertz CT molecular complexity index is 544. The zero-order chi connectivity index (χ0) is 14.0. The van der Waals surface area contributed by atoms with Crippen molar-refractivity contribution < 1.29 is 8.42 Å². The maximum atomic E-state index is 12.4. The molecule has 1 aromatic rings. The molecule has 1 aromatic carbocycles. The van der Waals surface area contributed by atoms with Gasteiger partial charge in [0.1, 0.15) is 0 Å². The molecule has 0 spiro atoms. The third kappa shape index (κ3) is 3.22. The van der Waals surface area contributed by atoms with Gasteiger partial charge in [0.05, 0.1) is 4.90 Å². The molecule has 1 saturated carbocycles. The van der Waals surface area contributed by atoms with Crippen molar-refractivity contribution in [1.82, 2.24) is 9.62 Å². The van der Waals surface area contributed by atoms with Crippen LogP contribution in [0.5, 0.6) is 0 Å². The van der Waals surface area contributed by atoms with E-state index in [-0.39, 0.29) is 0 Å². The molecule has 1 heterocycles. The summed E-state index contributed by atoms with van der Waals surface area (Å²) >= 11 is 0. The highest BCUT2D eigenvalue weighted by molar-refractivity contribution is 7.89. The van der Waals surface area contributed by atoms with Gasteiger partial charge in [-0.25, -0.2) is 8.42 Å². The van der Waals surface area contributed by atoms with Gasteiger partial charge in [0.2, 0.25) is 10.0 Å². The van der Waals surface area contributed by atoms with Gasteiger partial charge in [0.15, 0.2) is 0 Å². The smallest absolute Gasteiger partial charge is 0.243 e. The van der Waals surface area contributed by atoms with Gasteiger partial charge in [0.25, 0.3) is 0 Å². The van der Waals surface area contributed by atoms with Crippen LogP contribution < -0.4 is 5.32 Å². The molecule has 20 heavy (non-hydrogen) atoms. The summed E-state index contributed by atoms with van der Waals surface area (Å²) in [6.07, 6.45) is 4.64. The molecule has 0 bridgehead atoms. The van der Waals surface area contributed by atoms with Gasteiger partial charge in [-0.3, -0.25) is 0 Å². The molecule has 0 aromatic heterocycles. The molecule has 2 fully saturated rings. The summed E-state index contributed by atoms with van der Waals surface area (Å²) in [5.74, 6) is 0.866. The highest BCUT2D eigenvalue weighted by atomic mass is 32.2. The van der Waals surface area contributed by atoms with Crippen LogP contribution in [0.1, 0.15) is 31.2 Å². The van der Waals surface area contributed by atoms with Gasteiger partial charge in [0, 0.05) is 19.6 Å². The average Bonchev–Trinajstić information content (AvgIpc) is 3.09. The standard InChI is InChI=1S/C15H22N2O2S/c18-20(19,17-9-1-2-10-17)15-7-5-14(6-8-15)12-16-11-13-3-4-13/h5-8,13,16H,1-4,9-12H2. The molecule has 1 saturated heterocycles. The number of nitrogens with zero attached hydrogens (tertiary/aromatic N) is 1. The Labute approximate surface area is 121 Å². The first-order valence-electron chi connectivity index (χ1n) is 7.46. The number of rotatable bonds is 6. The molecule has 3 rings (SSSR count). The van der Waals surface area contributed by atoms with E-state index in [0.717, 1.165) is 37.4 Å². The van der Waals surface area contributed by atoms with Gasteiger partial charge in [-0.15, -0.1) is 0 Å². The van der Waals surface area contributed by atoms with Crippen LogP contribution in [0.25, 0.3) is 0 Å². The van der Waals surface area contributed by atoms with Gasteiger partial charge in [-0.1, -0.05) is 12.1 Å². The van der Waals surface area contributed by atoms with E-state index >= 15 is 0 Å². The summed E-state index contributed by atoms with van der Waals surface area (Å²) in [7, 11) is -3.27. The molecule has 2 aliphatic rings. The van der Waals surface area contributed by atoms with Gasteiger partial charge in [-0.2, -0.15) is 4.31 Å². The van der Waals surface area contributed by atoms with Crippen molar-refractivity contribution in [2.75, 3.05) is 19.6 Å². The molecule has 0 unspecified atom stereocenters. The molecule has 1 N–H and O–H groups in total. The highest BCUT2D eigenvalue weighted by Crippen LogP contribution is 2.27. The lowest BCUT2D eigenvalue weighted by Crippen LogP contribution is -2.27. The van der Waals surface area contributed by atoms with Crippen LogP contribution in [0.4, 0.5) is 0 Å². The normalized spacial score (nSPS) is 20.4. The van der Waals surface area contributed by atoms with Crippen LogP contribution in [0.3, 0.4) is 0 Å². The molecule has 5 heteroatoms. The molecule has 0 radical (unpaired) electrons. The Hall–Kier alpha value is -0.910. The summed E-state index contributed by atoms with van der Waals surface area (Å²) < 4.78 is 26.3. The van der Waals surface area contributed by atoms with E-state index in [0.29, 0.717) is 18.0 Å². The van der Waals surface area contributed by atoms with Crippen molar-refractivity contribution in [2.24, 2.45) is 5.92 Å². The lowest BCUT2D eigenvalue weighted by Gasteiger charge is -2.15. The van der Waals surface area contributed by atoms with Gasteiger partial charge < -0.3 is 5.32 Å². The van der Waals surface area contributed by atoms with Crippen LogP contribution in [0, 0.1) is 5.92 Å². The van der Waals surface area contributed by atoms with E-state index in [1.165, 1.54) is 12.8 Å². The van der Waals surface area contributed by atoms with Gasteiger partial charge >= 0.3 is 0 Å². The van der Waals surface area contributed by atoms with Crippen molar-refractivity contribution in [2.45, 2.75) is 37.1 Å². The summed E-state index contributed by atoms with van der Waals surface area (Å²) in [5, 5.41) is 3.42. The Morgan fingerprint density at radius 1 is 1.10 bits per heavy atom. The molecule has 0 amide bonds. The van der Waals surface area contributed by atoms with Crippen molar-refractivity contribution >= 4 is 10.0 Å². The van der Waals surface area contributed by atoms with Crippen LogP contribution in [0.2, 0.25) is 0 Å². The van der Waals surface area contributed by atoms with Crippen LogP contribution >= 0.6 is 0 Å². The molecule has 1 aliphatic carbocycles. The van der Waals surface area contributed by atoms with Crippen molar-refractivity contribution in [3.63, 3.8) is 0 Å². The second-order valence-corrected chi connectivity index (χ2v) is 7.77. The van der Waals surface area contributed by atoms with E-state index in [1.807, 2.05) is 12.1 Å². The predicted octanol–water partition coefficient (Wildman–Crippen LogP) is 1.97. The first-order valence-corrected chi connectivity index (χ1v) is 8.90. The number of hydrogen-bond donors (Lipinski definition) is 1. The average molecular weight is 294 g/mol. The van der Waals surface area contributed by atoms with E-state index in [9.17, 15) is 8.42 Å². The fourth-order valence-corrected chi connectivity index (χ4v) is 4.12. The number of nitrogens with one attached hydrogen (secondary N) is 1. The number of sulfonamides is 1. The SMILES string of the molecule is O=S(=O)(c1ccc(CNCC2CC2)cc1)N1CCCC1. The number of benzene rings is 1. The second kappa shape index (κ2) is 5.84. The first kappa shape index (κ1) is 14.0. The maximum absolute atomic E-state index is 12.4. The molecular formula is C15H22N2O2S. The Kier molecular flexibility index (Phi) is 4.10. The highest BCUT2D eigenvalue weighted by Gasteiger charge is 2.26. The van der Waals surface area contributed by atoms with Crippen LogP contribution in [-0.4, -0.2) is 32.4 Å². The quantitative estimate of drug-likeness (QED) is 0.872. The molecule has 1 aliphatic heterocycles. The van der Waals surface area contributed by atoms with E-state index in [2.05, 4.69) is 5.32 Å². The predicted molar refractivity (Wildman–Crippen MR) is 78.9 cm³/mol. The summed E-state index contributed by atoms with van der Waals surface area (Å²) in [5.41, 5.74) is 1.14. The van der Waals surface area contributed by atoms with Crippen molar-refractivity contribution in [3.8, 4) is 0 Å². The van der Waals surface area contributed by atoms with E-state index in [4.69, 9.17) is 0 Å². The van der Waals surface area contributed by atoms with Crippen molar-refractivity contribution in [3.05, 3.63) is 29.8 Å². The largest absolute Gasteiger partial charge is 0.312 e. The number of hydrogen-bond acceptors (Lipinski definition) is 3. The fraction of sp³-hybridized carbons (Fsp3) is 0.600. The third-order valence-electron chi connectivity index (χ3n) is 4.09. The molecule has 0 atom stereocenters. The third-order valence-corrected chi connectivity index (χ3v) is 6.00. The van der Waals surface area contributed by atoms with E-state index < -0.39 is 10.0 Å². The Morgan fingerprint density at radius 3 is 2.35 bits per heavy atom. The fourth-order valence-electron chi connectivity index (χ4n) is 2.60. The minimum Gasteiger partial charge on any atom is -0.312 e. The first-order chi connectivity index (χ1) is 9.66. The van der Waals surface area contributed by atoms with Crippen LogP contribution in [-0.2, 0) is 16.6 Å². The Morgan fingerprint density at radius 2 is 1.75 bits per heavy atom. The molecule has 4 nitrogen and oxygen atoms in total. The summed E-state index contributed by atoms with van der Waals surface area (Å²) in [6, 6.07) is 7.31. The summed E-state index contributed by atoms with van der Waals surface area (Å²) in [4.78, 5) is 0.422. The van der Waals surface area contributed by atoms with E-state index in [1.54, 1.807) is 16.4 Å². The maximum Gasteiger partial charge on any atom is 0.243 e. The minimum absolute atomic E-state index is 0.422. The Balaban J connectivity index is 1.62. The monoisotopic (exact) mass is 294 g/mol. The lowest BCUT2D eigenvalue weighted by atomic mass is 10.2. The summed E-state index contributed by atoms with van der Waals surface area (Å²) in [6.45, 7) is 3.22. The lowest BCUT2D eigenvalue weighted by molar-refractivity contribution is 0.477.